The lowest BCUT2D eigenvalue weighted by Crippen LogP contribution is -2.42. The Kier molecular flexibility index (Phi) is 8.86. The largest absolute Gasteiger partial charge is 0.497 e. The van der Waals surface area contributed by atoms with Gasteiger partial charge in [0.2, 0.25) is 11.8 Å². The molecule has 2 aromatic carbocycles. The number of amides is 3. The van der Waals surface area contributed by atoms with Gasteiger partial charge in [0.05, 0.1) is 14.2 Å². The first-order valence-electron chi connectivity index (χ1n) is 11.1. The molecular formula is C25H31N3O6. The standard InChI is InChI=1S/C25H31N3O6/c1-32-16-23(29)27-20-6-4-5-17(11-20)15-26-24(30)18-7-9-28(10-8-18)25(31)19-12-21(33-2)14-22(13-19)34-3/h4-6,11-14,18H,7-10,15-16H2,1-3H3,(H,26,30)(H,27,29). The minimum absolute atomic E-state index is 0.0203. The molecule has 3 amide bonds. The van der Waals surface area contributed by atoms with Crippen LogP contribution in [0.2, 0.25) is 0 Å². The van der Waals surface area contributed by atoms with Crippen molar-refractivity contribution in [3.05, 3.63) is 53.6 Å². The summed E-state index contributed by atoms with van der Waals surface area (Å²) in [5.74, 6) is 0.567. The Balaban J connectivity index is 1.50. The third-order valence-corrected chi connectivity index (χ3v) is 5.70. The summed E-state index contributed by atoms with van der Waals surface area (Å²) in [4.78, 5) is 39.1. The van der Waals surface area contributed by atoms with Gasteiger partial charge in [-0.3, -0.25) is 14.4 Å². The Hall–Kier alpha value is -3.59. The Labute approximate surface area is 199 Å². The third kappa shape index (κ3) is 6.71. The minimum Gasteiger partial charge on any atom is -0.497 e. The van der Waals surface area contributed by atoms with E-state index in [-0.39, 0.29) is 30.2 Å². The summed E-state index contributed by atoms with van der Waals surface area (Å²) in [6.45, 7) is 1.33. The summed E-state index contributed by atoms with van der Waals surface area (Å²) in [5, 5.41) is 5.72. The first kappa shape index (κ1) is 25.0. The van der Waals surface area contributed by atoms with Gasteiger partial charge in [-0.05, 0) is 42.7 Å². The Morgan fingerprint density at radius 3 is 2.26 bits per heavy atom. The van der Waals surface area contributed by atoms with Crippen molar-refractivity contribution < 1.29 is 28.6 Å². The normalized spacial score (nSPS) is 13.8. The number of benzene rings is 2. The molecule has 0 unspecified atom stereocenters. The van der Waals surface area contributed by atoms with Crippen LogP contribution in [0.15, 0.2) is 42.5 Å². The van der Waals surface area contributed by atoms with Crippen LogP contribution in [0.5, 0.6) is 11.5 Å². The van der Waals surface area contributed by atoms with Gasteiger partial charge in [-0.1, -0.05) is 12.1 Å². The van der Waals surface area contributed by atoms with Crippen LogP contribution in [0, 0.1) is 5.92 Å². The van der Waals surface area contributed by atoms with Crippen molar-refractivity contribution in [2.45, 2.75) is 19.4 Å². The van der Waals surface area contributed by atoms with Crippen LogP contribution >= 0.6 is 0 Å². The van der Waals surface area contributed by atoms with E-state index in [1.165, 1.54) is 7.11 Å². The van der Waals surface area contributed by atoms with Crippen molar-refractivity contribution in [1.82, 2.24) is 10.2 Å². The fraction of sp³-hybridized carbons (Fsp3) is 0.400. The highest BCUT2D eigenvalue weighted by atomic mass is 16.5. The number of piperidine rings is 1. The van der Waals surface area contributed by atoms with E-state index in [9.17, 15) is 14.4 Å². The SMILES string of the molecule is COCC(=O)Nc1cccc(CNC(=O)C2CCN(C(=O)c3cc(OC)cc(OC)c3)CC2)c1. The third-order valence-electron chi connectivity index (χ3n) is 5.70. The van der Waals surface area contributed by atoms with Gasteiger partial charge in [0.1, 0.15) is 18.1 Å². The van der Waals surface area contributed by atoms with Gasteiger partial charge in [-0.15, -0.1) is 0 Å². The molecular weight excluding hydrogens is 438 g/mol. The Morgan fingerprint density at radius 1 is 0.971 bits per heavy atom. The molecule has 0 saturated carbocycles. The number of carbonyl (C=O) groups is 3. The number of hydrogen-bond donors (Lipinski definition) is 2. The highest BCUT2D eigenvalue weighted by Gasteiger charge is 2.28. The number of nitrogens with zero attached hydrogens (tertiary/aromatic N) is 1. The summed E-state index contributed by atoms with van der Waals surface area (Å²) < 4.78 is 15.3. The van der Waals surface area contributed by atoms with E-state index in [0.717, 1.165) is 5.56 Å². The van der Waals surface area contributed by atoms with Gasteiger partial charge in [0.25, 0.3) is 5.91 Å². The first-order chi connectivity index (χ1) is 16.4. The lowest BCUT2D eigenvalue weighted by atomic mass is 9.95. The van der Waals surface area contributed by atoms with Crippen molar-refractivity contribution >= 4 is 23.4 Å². The van der Waals surface area contributed by atoms with Gasteiger partial charge < -0.3 is 29.7 Å². The predicted octanol–water partition coefficient (Wildman–Crippen LogP) is 2.46. The number of methoxy groups -OCH3 is 3. The summed E-state index contributed by atoms with van der Waals surface area (Å²) in [5.41, 5.74) is 2.02. The molecule has 2 N–H and O–H groups in total. The molecule has 34 heavy (non-hydrogen) atoms. The van der Waals surface area contributed by atoms with E-state index in [0.29, 0.717) is 55.2 Å². The monoisotopic (exact) mass is 469 g/mol. The van der Waals surface area contributed by atoms with E-state index >= 15 is 0 Å². The molecule has 9 heteroatoms. The molecule has 3 rings (SSSR count). The zero-order valence-corrected chi connectivity index (χ0v) is 19.8. The maximum atomic E-state index is 12.9. The summed E-state index contributed by atoms with van der Waals surface area (Å²) >= 11 is 0. The molecule has 9 nitrogen and oxygen atoms in total. The van der Waals surface area contributed by atoms with Crippen LogP contribution in [0.25, 0.3) is 0 Å². The second kappa shape index (κ2) is 12.0. The molecule has 0 aromatic heterocycles. The van der Waals surface area contributed by atoms with E-state index in [1.807, 2.05) is 18.2 Å². The zero-order valence-electron chi connectivity index (χ0n) is 19.8. The molecule has 1 fully saturated rings. The molecule has 182 valence electrons. The zero-order chi connectivity index (χ0) is 24.5. The first-order valence-corrected chi connectivity index (χ1v) is 11.1. The van der Waals surface area contributed by atoms with Crippen molar-refractivity contribution in [1.29, 1.82) is 0 Å². The number of likely N-dealkylation sites (tertiary alicyclic amines) is 1. The molecule has 1 aliphatic rings. The number of hydrogen-bond acceptors (Lipinski definition) is 6. The highest BCUT2D eigenvalue weighted by molar-refractivity contribution is 5.95. The molecule has 0 aliphatic carbocycles. The van der Waals surface area contributed by atoms with Crippen molar-refractivity contribution in [2.24, 2.45) is 5.92 Å². The van der Waals surface area contributed by atoms with Crippen LogP contribution in [-0.2, 0) is 20.9 Å². The summed E-state index contributed by atoms with van der Waals surface area (Å²) in [7, 11) is 4.55. The van der Waals surface area contributed by atoms with Crippen molar-refractivity contribution in [3.63, 3.8) is 0 Å². The summed E-state index contributed by atoms with van der Waals surface area (Å²) in [6.07, 6.45) is 1.18. The summed E-state index contributed by atoms with van der Waals surface area (Å²) in [6, 6.07) is 12.4. The topological polar surface area (TPSA) is 106 Å². The lowest BCUT2D eigenvalue weighted by Gasteiger charge is -2.31. The van der Waals surface area contributed by atoms with E-state index < -0.39 is 0 Å². The average Bonchev–Trinajstić information content (AvgIpc) is 2.86. The predicted molar refractivity (Wildman–Crippen MR) is 127 cm³/mol. The maximum absolute atomic E-state index is 12.9. The smallest absolute Gasteiger partial charge is 0.254 e. The van der Waals surface area contributed by atoms with Crippen LogP contribution < -0.4 is 20.1 Å². The van der Waals surface area contributed by atoms with Gasteiger partial charge in [-0.2, -0.15) is 0 Å². The van der Waals surface area contributed by atoms with Crippen LogP contribution in [0.1, 0.15) is 28.8 Å². The molecule has 1 heterocycles. The van der Waals surface area contributed by atoms with Crippen molar-refractivity contribution in [3.8, 4) is 11.5 Å². The van der Waals surface area contributed by atoms with Crippen LogP contribution in [0.3, 0.4) is 0 Å². The maximum Gasteiger partial charge on any atom is 0.254 e. The van der Waals surface area contributed by atoms with E-state index in [4.69, 9.17) is 14.2 Å². The number of carbonyl (C=O) groups excluding carboxylic acids is 3. The number of rotatable bonds is 9. The van der Waals surface area contributed by atoms with Gasteiger partial charge >= 0.3 is 0 Å². The van der Waals surface area contributed by atoms with Crippen molar-refractivity contribution in [2.75, 3.05) is 46.3 Å². The van der Waals surface area contributed by atoms with Crippen LogP contribution in [0.4, 0.5) is 5.69 Å². The number of anilines is 1. The second-order valence-electron chi connectivity index (χ2n) is 8.07. The highest BCUT2D eigenvalue weighted by Crippen LogP contribution is 2.25. The number of ether oxygens (including phenoxy) is 3. The Morgan fingerprint density at radius 2 is 1.65 bits per heavy atom. The fourth-order valence-corrected chi connectivity index (χ4v) is 3.88. The molecule has 1 aliphatic heterocycles. The second-order valence-corrected chi connectivity index (χ2v) is 8.07. The van der Waals surface area contributed by atoms with Crippen LogP contribution in [-0.4, -0.2) is 63.6 Å². The molecule has 0 atom stereocenters. The van der Waals surface area contributed by atoms with Gasteiger partial charge in [0, 0.05) is 50.0 Å². The van der Waals surface area contributed by atoms with E-state index in [2.05, 4.69) is 10.6 Å². The van der Waals surface area contributed by atoms with Gasteiger partial charge in [-0.25, -0.2) is 0 Å². The lowest BCUT2D eigenvalue weighted by molar-refractivity contribution is -0.126. The minimum atomic E-state index is -0.239. The molecule has 0 radical (unpaired) electrons. The number of nitrogens with one attached hydrogen (secondary N) is 2. The quantitative estimate of drug-likeness (QED) is 0.584. The fourth-order valence-electron chi connectivity index (χ4n) is 3.88. The average molecular weight is 470 g/mol. The Bertz CT molecular complexity index is 995. The van der Waals surface area contributed by atoms with Gasteiger partial charge in [0.15, 0.2) is 0 Å². The molecule has 1 saturated heterocycles. The van der Waals surface area contributed by atoms with E-state index in [1.54, 1.807) is 43.4 Å². The molecule has 2 aromatic rings. The molecule has 0 spiro atoms. The molecule has 0 bridgehead atoms.